The standard InChI is InChI=1S/C16H31N3S/c1-4-14(5-2)15-12-18-16(20-15)17-11-13(3)19-9-7-6-8-10-19/h13-15H,4-12H2,1-3H3,(H,17,18). The molecule has 116 valence electrons. The molecule has 2 rings (SSSR count). The molecule has 0 spiro atoms. The molecule has 1 fully saturated rings. The van der Waals surface area contributed by atoms with Gasteiger partial charge in [-0.05, 0) is 38.8 Å². The zero-order chi connectivity index (χ0) is 14.4. The molecule has 0 amide bonds. The van der Waals surface area contributed by atoms with Crippen LogP contribution in [0.25, 0.3) is 0 Å². The van der Waals surface area contributed by atoms with Crippen LogP contribution in [0.1, 0.15) is 52.9 Å². The molecule has 0 saturated carbocycles. The van der Waals surface area contributed by atoms with E-state index < -0.39 is 0 Å². The largest absolute Gasteiger partial charge is 0.363 e. The van der Waals surface area contributed by atoms with Crippen molar-refractivity contribution in [1.29, 1.82) is 0 Å². The van der Waals surface area contributed by atoms with Crippen molar-refractivity contribution in [3.8, 4) is 0 Å². The second-order valence-corrected chi connectivity index (χ2v) is 7.43. The zero-order valence-electron chi connectivity index (χ0n) is 13.4. The highest BCUT2D eigenvalue weighted by atomic mass is 32.2. The molecule has 0 aromatic carbocycles. The van der Waals surface area contributed by atoms with E-state index in [1.807, 2.05) is 11.8 Å². The number of rotatable bonds is 6. The van der Waals surface area contributed by atoms with E-state index in [9.17, 15) is 0 Å². The first-order valence-corrected chi connectivity index (χ1v) is 9.31. The maximum Gasteiger partial charge on any atom is 0.156 e. The zero-order valence-corrected chi connectivity index (χ0v) is 14.2. The van der Waals surface area contributed by atoms with E-state index in [0.29, 0.717) is 11.3 Å². The van der Waals surface area contributed by atoms with E-state index in [2.05, 4.69) is 31.0 Å². The number of nitrogens with zero attached hydrogens (tertiary/aromatic N) is 2. The molecule has 0 radical (unpaired) electrons. The van der Waals surface area contributed by atoms with Crippen LogP contribution in [0, 0.1) is 5.92 Å². The van der Waals surface area contributed by atoms with Crippen molar-refractivity contribution in [2.24, 2.45) is 10.9 Å². The maximum atomic E-state index is 4.70. The highest BCUT2D eigenvalue weighted by molar-refractivity contribution is 8.14. The van der Waals surface area contributed by atoms with Crippen LogP contribution in [0.3, 0.4) is 0 Å². The lowest BCUT2D eigenvalue weighted by Crippen LogP contribution is -2.43. The Labute approximate surface area is 129 Å². The SMILES string of the molecule is CCC(CC)C1CN=C(NCC(C)N2CCCCC2)S1. The van der Waals surface area contributed by atoms with Gasteiger partial charge in [0.15, 0.2) is 5.17 Å². The molecule has 20 heavy (non-hydrogen) atoms. The lowest BCUT2D eigenvalue weighted by molar-refractivity contribution is 0.175. The third kappa shape index (κ3) is 4.39. The Hall–Kier alpha value is -0.220. The van der Waals surface area contributed by atoms with Crippen molar-refractivity contribution in [2.45, 2.75) is 64.2 Å². The van der Waals surface area contributed by atoms with E-state index in [1.165, 1.54) is 50.4 Å². The minimum atomic E-state index is 0.630. The molecular weight excluding hydrogens is 266 g/mol. The van der Waals surface area contributed by atoms with Gasteiger partial charge in [0.05, 0.1) is 6.54 Å². The average Bonchev–Trinajstić information content (AvgIpc) is 2.96. The number of amidine groups is 1. The molecule has 2 unspecified atom stereocenters. The van der Waals surface area contributed by atoms with Crippen LogP contribution < -0.4 is 5.32 Å². The fraction of sp³-hybridized carbons (Fsp3) is 0.938. The van der Waals surface area contributed by atoms with Crippen LogP contribution in [-0.2, 0) is 0 Å². The highest BCUT2D eigenvalue weighted by Crippen LogP contribution is 2.30. The molecule has 1 saturated heterocycles. The lowest BCUT2D eigenvalue weighted by atomic mass is 9.99. The molecule has 4 heteroatoms. The van der Waals surface area contributed by atoms with Crippen LogP contribution in [0.15, 0.2) is 4.99 Å². The fourth-order valence-corrected chi connectivity index (χ4v) is 4.60. The van der Waals surface area contributed by atoms with Gasteiger partial charge >= 0.3 is 0 Å². The van der Waals surface area contributed by atoms with Crippen LogP contribution in [0.5, 0.6) is 0 Å². The summed E-state index contributed by atoms with van der Waals surface area (Å²) in [5.74, 6) is 0.822. The molecular formula is C16H31N3S. The smallest absolute Gasteiger partial charge is 0.156 e. The monoisotopic (exact) mass is 297 g/mol. The lowest BCUT2D eigenvalue weighted by Gasteiger charge is -2.32. The first-order valence-electron chi connectivity index (χ1n) is 8.43. The molecule has 0 bridgehead atoms. The minimum Gasteiger partial charge on any atom is -0.363 e. The minimum absolute atomic E-state index is 0.630. The number of thioether (sulfide) groups is 1. The number of hydrogen-bond acceptors (Lipinski definition) is 4. The third-order valence-electron chi connectivity index (χ3n) is 4.82. The molecule has 3 nitrogen and oxygen atoms in total. The fourth-order valence-electron chi connectivity index (χ4n) is 3.27. The Bertz CT molecular complexity index is 309. The van der Waals surface area contributed by atoms with Gasteiger partial charge in [0.25, 0.3) is 0 Å². The third-order valence-corrected chi connectivity index (χ3v) is 6.15. The second-order valence-electron chi connectivity index (χ2n) is 6.21. The summed E-state index contributed by atoms with van der Waals surface area (Å²) in [6.45, 7) is 11.6. The number of aliphatic imine (C=N–C) groups is 1. The summed E-state index contributed by atoms with van der Waals surface area (Å²) < 4.78 is 0. The van der Waals surface area contributed by atoms with Crippen molar-refractivity contribution < 1.29 is 0 Å². The van der Waals surface area contributed by atoms with Crippen LogP contribution in [0.4, 0.5) is 0 Å². The molecule has 2 heterocycles. The highest BCUT2D eigenvalue weighted by Gasteiger charge is 2.26. The normalized spacial score (nSPS) is 25.8. The predicted octanol–water partition coefficient (Wildman–Crippen LogP) is 3.36. The van der Waals surface area contributed by atoms with Crippen LogP contribution >= 0.6 is 11.8 Å². The number of nitrogens with one attached hydrogen (secondary N) is 1. The Morgan fingerprint density at radius 2 is 1.95 bits per heavy atom. The van der Waals surface area contributed by atoms with Gasteiger partial charge in [-0.15, -0.1) is 0 Å². The van der Waals surface area contributed by atoms with E-state index in [-0.39, 0.29) is 0 Å². The summed E-state index contributed by atoms with van der Waals surface area (Å²) in [4.78, 5) is 7.32. The van der Waals surface area contributed by atoms with E-state index in [0.717, 1.165) is 19.0 Å². The number of piperidine rings is 1. The summed E-state index contributed by atoms with van der Waals surface area (Å²) in [7, 11) is 0. The second kappa shape index (κ2) is 8.28. The number of likely N-dealkylation sites (tertiary alicyclic amines) is 1. The Balaban J connectivity index is 1.69. The van der Waals surface area contributed by atoms with Gasteiger partial charge in [0.2, 0.25) is 0 Å². The van der Waals surface area contributed by atoms with Crippen molar-refractivity contribution in [2.75, 3.05) is 26.2 Å². The van der Waals surface area contributed by atoms with E-state index in [4.69, 9.17) is 4.99 Å². The first kappa shape index (κ1) is 16.2. The molecule has 1 N–H and O–H groups in total. The molecule has 0 aromatic heterocycles. The van der Waals surface area contributed by atoms with E-state index in [1.54, 1.807) is 0 Å². The molecule has 2 aliphatic heterocycles. The van der Waals surface area contributed by atoms with Crippen molar-refractivity contribution in [1.82, 2.24) is 10.2 Å². The van der Waals surface area contributed by atoms with Crippen LogP contribution in [0.2, 0.25) is 0 Å². The average molecular weight is 298 g/mol. The Morgan fingerprint density at radius 1 is 1.25 bits per heavy atom. The van der Waals surface area contributed by atoms with Gasteiger partial charge in [-0.3, -0.25) is 9.89 Å². The van der Waals surface area contributed by atoms with Gasteiger partial charge in [0, 0.05) is 17.8 Å². The maximum absolute atomic E-state index is 4.70. The summed E-state index contributed by atoms with van der Waals surface area (Å²) >= 11 is 1.98. The van der Waals surface area contributed by atoms with E-state index >= 15 is 0 Å². The van der Waals surface area contributed by atoms with Crippen molar-refractivity contribution >= 4 is 16.9 Å². The predicted molar refractivity (Wildman–Crippen MR) is 90.6 cm³/mol. The molecule has 0 aromatic rings. The molecule has 2 aliphatic rings. The topological polar surface area (TPSA) is 27.6 Å². The molecule has 0 aliphatic carbocycles. The summed E-state index contributed by atoms with van der Waals surface area (Å²) in [6, 6.07) is 0.630. The van der Waals surface area contributed by atoms with Crippen LogP contribution in [-0.4, -0.2) is 47.5 Å². The Morgan fingerprint density at radius 3 is 2.60 bits per heavy atom. The first-order chi connectivity index (χ1) is 9.74. The van der Waals surface area contributed by atoms with Gasteiger partial charge in [-0.25, -0.2) is 0 Å². The Kier molecular flexibility index (Phi) is 6.69. The van der Waals surface area contributed by atoms with Gasteiger partial charge in [0.1, 0.15) is 0 Å². The quantitative estimate of drug-likeness (QED) is 0.814. The summed E-state index contributed by atoms with van der Waals surface area (Å²) in [5, 5.41) is 5.48. The summed E-state index contributed by atoms with van der Waals surface area (Å²) in [6.07, 6.45) is 6.71. The van der Waals surface area contributed by atoms with Gasteiger partial charge in [-0.1, -0.05) is 44.9 Å². The molecule has 2 atom stereocenters. The van der Waals surface area contributed by atoms with Crippen molar-refractivity contribution in [3.05, 3.63) is 0 Å². The van der Waals surface area contributed by atoms with Gasteiger partial charge in [-0.2, -0.15) is 0 Å². The van der Waals surface area contributed by atoms with Gasteiger partial charge < -0.3 is 5.32 Å². The summed E-state index contributed by atoms with van der Waals surface area (Å²) in [5.41, 5.74) is 0. The van der Waals surface area contributed by atoms with Crippen molar-refractivity contribution in [3.63, 3.8) is 0 Å². The number of hydrogen-bond donors (Lipinski definition) is 1.